The third-order valence-electron chi connectivity index (χ3n) is 2.94. The molecule has 16 heavy (non-hydrogen) atoms. The van der Waals surface area contributed by atoms with E-state index < -0.39 is 5.60 Å². The maximum absolute atomic E-state index is 11.8. The van der Waals surface area contributed by atoms with Crippen molar-refractivity contribution in [2.24, 2.45) is 0 Å². The van der Waals surface area contributed by atoms with Gasteiger partial charge < -0.3 is 14.9 Å². The summed E-state index contributed by atoms with van der Waals surface area (Å²) in [5, 5.41) is 9.86. The van der Waals surface area contributed by atoms with Gasteiger partial charge in [-0.05, 0) is 19.8 Å². The molecule has 0 bridgehead atoms. The van der Waals surface area contributed by atoms with E-state index in [0.29, 0.717) is 13.1 Å². The summed E-state index contributed by atoms with van der Waals surface area (Å²) in [4.78, 5) is 25.8. The average molecular weight is 228 g/mol. The quantitative estimate of drug-likeness (QED) is 0.714. The van der Waals surface area contributed by atoms with E-state index in [1.54, 1.807) is 18.9 Å². The summed E-state index contributed by atoms with van der Waals surface area (Å²) >= 11 is 0. The second kappa shape index (κ2) is 4.82. The lowest BCUT2D eigenvalue weighted by Crippen LogP contribution is -2.51. The van der Waals surface area contributed by atoms with Crippen LogP contribution in [0.5, 0.6) is 0 Å². The van der Waals surface area contributed by atoms with Gasteiger partial charge in [0.1, 0.15) is 0 Å². The molecule has 1 atom stereocenters. The molecule has 2 amide bonds. The van der Waals surface area contributed by atoms with Crippen LogP contribution in [0.15, 0.2) is 0 Å². The number of β-amino-alcohol motifs (C(OH)–C–C–N with tert-alkyl or cyclic N) is 1. The van der Waals surface area contributed by atoms with E-state index in [0.717, 1.165) is 12.8 Å². The molecule has 1 fully saturated rings. The monoisotopic (exact) mass is 228 g/mol. The number of likely N-dealkylation sites (N-methyl/N-ethyl adjacent to an activating group) is 1. The Balaban J connectivity index is 2.51. The van der Waals surface area contributed by atoms with Crippen LogP contribution in [0.1, 0.15) is 26.7 Å². The Morgan fingerprint density at radius 1 is 1.50 bits per heavy atom. The van der Waals surface area contributed by atoms with Crippen LogP contribution < -0.4 is 0 Å². The number of aliphatic hydroxyl groups is 1. The molecule has 5 heteroatoms. The van der Waals surface area contributed by atoms with Crippen LogP contribution in [0.2, 0.25) is 0 Å². The van der Waals surface area contributed by atoms with E-state index in [9.17, 15) is 14.7 Å². The van der Waals surface area contributed by atoms with Gasteiger partial charge in [0.05, 0.1) is 12.1 Å². The van der Waals surface area contributed by atoms with Crippen LogP contribution in [0.3, 0.4) is 0 Å². The maximum atomic E-state index is 11.8. The van der Waals surface area contributed by atoms with E-state index in [2.05, 4.69) is 0 Å². The number of hydrogen-bond acceptors (Lipinski definition) is 3. The van der Waals surface area contributed by atoms with Crippen molar-refractivity contribution in [3.63, 3.8) is 0 Å². The fraction of sp³-hybridized carbons (Fsp3) is 0.818. The van der Waals surface area contributed by atoms with Gasteiger partial charge in [-0.3, -0.25) is 9.59 Å². The van der Waals surface area contributed by atoms with Crippen LogP contribution in [-0.2, 0) is 9.59 Å². The number of nitrogens with zero attached hydrogens (tertiary/aromatic N) is 2. The molecule has 1 saturated heterocycles. The van der Waals surface area contributed by atoms with Crippen molar-refractivity contribution in [1.82, 2.24) is 9.80 Å². The Kier molecular flexibility index (Phi) is 3.91. The predicted octanol–water partition coefficient (Wildman–Crippen LogP) is -0.162. The van der Waals surface area contributed by atoms with E-state index >= 15 is 0 Å². The molecule has 1 heterocycles. The van der Waals surface area contributed by atoms with Gasteiger partial charge in [0.25, 0.3) is 0 Å². The molecule has 1 unspecified atom stereocenters. The fourth-order valence-electron chi connectivity index (χ4n) is 1.85. The Hall–Kier alpha value is -1.10. The number of amides is 2. The molecular weight excluding hydrogens is 208 g/mol. The van der Waals surface area contributed by atoms with E-state index in [1.807, 2.05) is 0 Å². The van der Waals surface area contributed by atoms with Crippen LogP contribution in [0, 0.1) is 0 Å². The molecule has 5 nitrogen and oxygen atoms in total. The minimum absolute atomic E-state index is 0.0887. The Bertz CT molecular complexity index is 289. The van der Waals surface area contributed by atoms with Crippen molar-refractivity contribution in [1.29, 1.82) is 0 Å². The molecule has 0 radical (unpaired) electrons. The van der Waals surface area contributed by atoms with Crippen LogP contribution in [0.4, 0.5) is 0 Å². The molecule has 0 aromatic carbocycles. The highest BCUT2D eigenvalue weighted by atomic mass is 16.3. The molecular formula is C11H20N2O3. The molecule has 92 valence electrons. The zero-order valence-corrected chi connectivity index (χ0v) is 10.2. The lowest BCUT2D eigenvalue weighted by molar-refractivity contribution is -0.142. The van der Waals surface area contributed by atoms with E-state index in [4.69, 9.17) is 0 Å². The van der Waals surface area contributed by atoms with Gasteiger partial charge in [-0.15, -0.1) is 0 Å². The lowest BCUT2D eigenvalue weighted by Gasteiger charge is -2.37. The van der Waals surface area contributed by atoms with Gasteiger partial charge in [0.2, 0.25) is 11.8 Å². The highest BCUT2D eigenvalue weighted by Gasteiger charge is 2.31. The minimum Gasteiger partial charge on any atom is -0.388 e. The van der Waals surface area contributed by atoms with Gasteiger partial charge in [0, 0.05) is 27.1 Å². The number of rotatable bonds is 2. The number of piperidine rings is 1. The molecule has 1 aliphatic heterocycles. The zero-order valence-electron chi connectivity index (χ0n) is 10.2. The van der Waals surface area contributed by atoms with Crippen molar-refractivity contribution in [3.8, 4) is 0 Å². The third-order valence-corrected chi connectivity index (χ3v) is 2.94. The van der Waals surface area contributed by atoms with Crippen molar-refractivity contribution in [2.45, 2.75) is 32.3 Å². The van der Waals surface area contributed by atoms with Crippen molar-refractivity contribution in [3.05, 3.63) is 0 Å². The van der Waals surface area contributed by atoms with Gasteiger partial charge >= 0.3 is 0 Å². The molecule has 1 N–H and O–H groups in total. The first-order chi connectivity index (χ1) is 7.32. The van der Waals surface area contributed by atoms with E-state index in [1.165, 1.54) is 11.8 Å². The fourth-order valence-corrected chi connectivity index (χ4v) is 1.85. The van der Waals surface area contributed by atoms with Crippen LogP contribution in [-0.4, -0.2) is 59.0 Å². The molecule has 0 aliphatic carbocycles. The summed E-state index contributed by atoms with van der Waals surface area (Å²) in [6.07, 6.45) is 1.53. The van der Waals surface area contributed by atoms with Gasteiger partial charge in [0.15, 0.2) is 0 Å². The van der Waals surface area contributed by atoms with Crippen molar-refractivity contribution < 1.29 is 14.7 Å². The van der Waals surface area contributed by atoms with Crippen LogP contribution in [0.25, 0.3) is 0 Å². The largest absolute Gasteiger partial charge is 0.388 e. The van der Waals surface area contributed by atoms with Crippen molar-refractivity contribution in [2.75, 3.05) is 26.7 Å². The normalized spacial score (nSPS) is 25.4. The topological polar surface area (TPSA) is 60.9 Å². The smallest absolute Gasteiger partial charge is 0.242 e. The number of carbonyl (C=O) groups excluding carboxylic acids is 2. The standard InChI is InChI=1S/C11H20N2O3/c1-9(14)12(3)7-10(15)13-6-4-5-11(2,16)8-13/h16H,4-8H2,1-3H3. The first-order valence-electron chi connectivity index (χ1n) is 5.54. The highest BCUT2D eigenvalue weighted by Crippen LogP contribution is 2.20. The zero-order chi connectivity index (χ0) is 12.3. The van der Waals surface area contributed by atoms with Gasteiger partial charge in [-0.2, -0.15) is 0 Å². The molecule has 0 aromatic rings. The van der Waals surface area contributed by atoms with Gasteiger partial charge in [-0.1, -0.05) is 0 Å². The first-order valence-corrected chi connectivity index (χ1v) is 5.54. The highest BCUT2D eigenvalue weighted by molar-refractivity contribution is 5.83. The summed E-state index contributed by atoms with van der Waals surface area (Å²) in [6, 6.07) is 0. The first kappa shape index (κ1) is 13.0. The molecule has 0 aromatic heterocycles. The summed E-state index contributed by atoms with van der Waals surface area (Å²) in [5.41, 5.74) is -0.789. The summed E-state index contributed by atoms with van der Waals surface area (Å²) in [6.45, 7) is 4.28. The number of likely N-dealkylation sites (tertiary alicyclic amines) is 1. The van der Waals surface area contributed by atoms with Crippen LogP contribution >= 0.6 is 0 Å². The average Bonchev–Trinajstić information content (AvgIpc) is 2.15. The maximum Gasteiger partial charge on any atom is 0.242 e. The second-order valence-electron chi connectivity index (χ2n) is 4.79. The van der Waals surface area contributed by atoms with Gasteiger partial charge in [-0.25, -0.2) is 0 Å². The number of carbonyl (C=O) groups is 2. The second-order valence-corrected chi connectivity index (χ2v) is 4.79. The number of hydrogen-bond donors (Lipinski definition) is 1. The molecule has 1 aliphatic rings. The SMILES string of the molecule is CC(=O)N(C)CC(=O)N1CCCC(C)(O)C1. The minimum atomic E-state index is -0.789. The lowest BCUT2D eigenvalue weighted by atomic mass is 9.95. The summed E-state index contributed by atoms with van der Waals surface area (Å²) in [5.74, 6) is -0.227. The Morgan fingerprint density at radius 2 is 2.12 bits per heavy atom. The van der Waals surface area contributed by atoms with Crippen molar-refractivity contribution >= 4 is 11.8 Å². The summed E-state index contributed by atoms with van der Waals surface area (Å²) in [7, 11) is 1.60. The molecule has 0 saturated carbocycles. The third kappa shape index (κ3) is 3.48. The predicted molar refractivity (Wildman–Crippen MR) is 59.7 cm³/mol. The molecule has 0 spiro atoms. The van der Waals surface area contributed by atoms with E-state index in [-0.39, 0.29) is 18.4 Å². The Labute approximate surface area is 96.0 Å². The molecule has 1 rings (SSSR count). The summed E-state index contributed by atoms with van der Waals surface area (Å²) < 4.78 is 0. The Morgan fingerprint density at radius 3 is 2.62 bits per heavy atom.